The minimum Gasteiger partial charge on any atom is -0.480 e. The van der Waals surface area contributed by atoms with Crippen molar-refractivity contribution >= 4 is 11.7 Å². The Morgan fingerprint density at radius 2 is 1.54 bits per heavy atom. The molecule has 0 spiro atoms. The number of nitrogens with zero attached hydrogens (tertiary/aromatic N) is 2. The van der Waals surface area contributed by atoms with Crippen LogP contribution in [0.2, 0.25) is 0 Å². The quantitative estimate of drug-likeness (QED) is 0.518. The van der Waals surface area contributed by atoms with Crippen LogP contribution in [0.1, 0.15) is 11.1 Å². The van der Waals surface area contributed by atoms with E-state index in [1.165, 1.54) is 11.0 Å². The Labute approximate surface area is 217 Å². The number of likely N-dealkylation sites (tertiary alicyclic amines) is 1. The number of hydrogen-bond acceptors (Lipinski definition) is 5. The summed E-state index contributed by atoms with van der Waals surface area (Å²) in [6.45, 7) is 1.43. The van der Waals surface area contributed by atoms with E-state index in [0.717, 1.165) is 12.1 Å². The number of anilines is 1. The van der Waals surface area contributed by atoms with Crippen molar-refractivity contribution in [2.45, 2.75) is 37.2 Å². The SMILES string of the molecule is O=C(O)C1NC(C(C(F)(F)F)C(F)(F)F)C2CN(Cc3ccc(C(F)(F)F)cc3N3CC4COCC4C3)CC12. The lowest BCUT2D eigenvalue weighted by Crippen LogP contribution is -2.53. The van der Waals surface area contributed by atoms with Gasteiger partial charge in [-0.05, 0) is 23.6 Å². The normalized spacial score (nSPS) is 31.8. The topological polar surface area (TPSA) is 65.0 Å². The molecule has 4 saturated heterocycles. The average molecular weight is 575 g/mol. The van der Waals surface area contributed by atoms with Gasteiger partial charge < -0.3 is 20.1 Å². The third-order valence-electron chi connectivity index (χ3n) is 8.47. The molecular weight excluding hydrogens is 549 g/mol. The molecule has 0 saturated carbocycles. The molecule has 5 rings (SSSR count). The summed E-state index contributed by atoms with van der Waals surface area (Å²) in [5.74, 6) is -7.35. The van der Waals surface area contributed by atoms with Gasteiger partial charge in [-0.2, -0.15) is 39.5 Å². The third-order valence-corrected chi connectivity index (χ3v) is 8.47. The molecule has 4 aliphatic heterocycles. The average Bonchev–Trinajstić information content (AvgIpc) is 3.52. The number of alkyl halides is 9. The molecular formula is C24H26F9N3O3. The van der Waals surface area contributed by atoms with Gasteiger partial charge in [0.2, 0.25) is 0 Å². The fraction of sp³-hybridized carbons (Fsp3) is 0.708. The Morgan fingerprint density at radius 1 is 0.949 bits per heavy atom. The van der Waals surface area contributed by atoms with E-state index in [9.17, 15) is 49.4 Å². The number of carboxylic acids is 1. The standard InChI is InChI=1S/C24H26F9N3O3/c25-22(26,27)14-2-1-11(17(3-14)36-5-12-9-39-10-13(12)6-36)4-35-7-15-16(8-35)19(21(37)38)34-18(15)20(23(28,29)30)24(31,32)33/h1-3,12-13,15-16,18-20,34H,4-10H2,(H,37,38). The number of fused-ring (bicyclic) bond motifs is 2. The molecule has 0 bridgehead atoms. The zero-order valence-electron chi connectivity index (χ0n) is 20.3. The number of ether oxygens (including phenoxy) is 1. The van der Waals surface area contributed by atoms with Crippen molar-refractivity contribution in [1.82, 2.24) is 10.2 Å². The summed E-state index contributed by atoms with van der Waals surface area (Å²) in [5, 5.41) is 11.6. The molecule has 6 atom stereocenters. The molecule has 0 radical (unpaired) electrons. The molecule has 4 fully saturated rings. The number of nitrogens with one attached hydrogen (secondary N) is 1. The van der Waals surface area contributed by atoms with Crippen molar-refractivity contribution in [3.63, 3.8) is 0 Å². The first-order valence-corrected chi connectivity index (χ1v) is 12.4. The molecule has 4 aliphatic rings. The van der Waals surface area contributed by atoms with E-state index >= 15 is 0 Å². The van der Waals surface area contributed by atoms with Gasteiger partial charge in [-0.1, -0.05) is 6.07 Å². The lowest BCUT2D eigenvalue weighted by atomic mass is 9.84. The molecule has 0 amide bonds. The maximum absolute atomic E-state index is 13.5. The highest BCUT2D eigenvalue weighted by atomic mass is 19.4. The van der Waals surface area contributed by atoms with Gasteiger partial charge in [-0.25, -0.2) is 0 Å². The largest absolute Gasteiger partial charge is 0.480 e. The monoisotopic (exact) mass is 575 g/mol. The van der Waals surface area contributed by atoms with Crippen molar-refractivity contribution in [2.24, 2.45) is 29.6 Å². The van der Waals surface area contributed by atoms with E-state index in [4.69, 9.17) is 4.74 Å². The number of hydrogen-bond donors (Lipinski definition) is 2. The molecule has 4 heterocycles. The van der Waals surface area contributed by atoms with Crippen LogP contribution >= 0.6 is 0 Å². The van der Waals surface area contributed by atoms with Gasteiger partial charge in [0, 0.05) is 62.2 Å². The van der Waals surface area contributed by atoms with Gasteiger partial charge >= 0.3 is 24.5 Å². The molecule has 2 N–H and O–H groups in total. The Bertz CT molecular complexity index is 1070. The smallest absolute Gasteiger partial charge is 0.416 e. The van der Waals surface area contributed by atoms with Crippen LogP contribution in [0.3, 0.4) is 0 Å². The minimum atomic E-state index is -5.65. The minimum absolute atomic E-state index is 0.0510. The van der Waals surface area contributed by atoms with Gasteiger partial charge in [-0.3, -0.25) is 9.69 Å². The van der Waals surface area contributed by atoms with E-state index in [1.54, 1.807) is 0 Å². The second kappa shape index (κ2) is 9.68. The molecule has 0 aliphatic carbocycles. The highest BCUT2D eigenvalue weighted by Crippen LogP contribution is 2.49. The predicted octanol–water partition coefficient (Wildman–Crippen LogP) is 4.00. The summed E-state index contributed by atoms with van der Waals surface area (Å²) in [4.78, 5) is 15.1. The van der Waals surface area contributed by atoms with E-state index < -0.39 is 59.9 Å². The Morgan fingerprint density at radius 3 is 2.08 bits per heavy atom. The van der Waals surface area contributed by atoms with E-state index in [1.807, 2.05) is 4.90 Å². The van der Waals surface area contributed by atoms with Crippen LogP contribution in [-0.4, -0.2) is 79.8 Å². The second-order valence-electron chi connectivity index (χ2n) is 10.9. The molecule has 6 unspecified atom stereocenters. The van der Waals surface area contributed by atoms with Crippen molar-refractivity contribution < 1.29 is 54.2 Å². The summed E-state index contributed by atoms with van der Waals surface area (Å²) in [6, 6.07) is -0.644. The lowest BCUT2D eigenvalue weighted by Gasteiger charge is -2.32. The first-order valence-electron chi connectivity index (χ1n) is 12.4. The summed E-state index contributed by atoms with van der Waals surface area (Å²) in [7, 11) is 0. The molecule has 6 nitrogen and oxygen atoms in total. The van der Waals surface area contributed by atoms with Crippen molar-refractivity contribution in [1.29, 1.82) is 0 Å². The van der Waals surface area contributed by atoms with Gasteiger partial charge in [0.25, 0.3) is 0 Å². The van der Waals surface area contributed by atoms with Crippen LogP contribution in [0.4, 0.5) is 45.2 Å². The van der Waals surface area contributed by atoms with E-state index in [2.05, 4.69) is 5.32 Å². The summed E-state index contributed by atoms with van der Waals surface area (Å²) in [5.41, 5.74) is -0.145. The van der Waals surface area contributed by atoms with Gasteiger partial charge in [0.15, 0.2) is 5.92 Å². The number of halogens is 9. The van der Waals surface area contributed by atoms with Gasteiger partial charge in [-0.15, -0.1) is 0 Å². The maximum Gasteiger partial charge on any atom is 0.416 e. The maximum atomic E-state index is 13.5. The molecule has 218 valence electrons. The second-order valence-corrected chi connectivity index (χ2v) is 10.9. The first kappa shape index (κ1) is 28.3. The molecule has 39 heavy (non-hydrogen) atoms. The van der Waals surface area contributed by atoms with Gasteiger partial charge in [0.05, 0.1) is 18.8 Å². The summed E-state index contributed by atoms with van der Waals surface area (Å²) < 4.78 is 127. The number of benzene rings is 1. The summed E-state index contributed by atoms with van der Waals surface area (Å²) >= 11 is 0. The highest BCUT2D eigenvalue weighted by molar-refractivity contribution is 5.74. The van der Waals surface area contributed by atoms with Crippen LogP contribution in [0.5, 0.6) is 0 Å². The fourth-order valence-electron chi connectivity index (χ4n) is 6.74. The van der Waals surface area contributed by atoms with Crippen molar-refractivity contribution in [3.8, 4) is 0 Å². The predicted molar refractivity (Wildman–Crippen MR) is 118 cm³/mol. The molecule has 15 heteroatoms. The van der Waals surface area contributed by atoms with Crippen LogP contribution < -0.4 is 10.2 Å². The number of aliphatic carboxylic acids is 1. The third kappa shape index (κ3) is 5.41. The number of carboxylic acid groups (broad SMARTS) is 1. The number of carbonyl (C=O) groups is 1. The zero-order chi connectivity index (χ0) is 28.5. The van der Waals surface area contributed by atoms with Crippen LogP contribution in [0.25, 0.3) is 0 Å². The van der Waals surface area contributed by atoms with Crippen LogP contribution in [0, 0.1) is 29.6 Å². The highest BCUT2D eigenvalue weighted by Gasteiger charge is 2.66. The Kier molecular flexibility index (Phi) is 7.02. The first-order chi connectivity index (χ1) is 18.0. The summed E-state index contributed by atoms with van der Waals surface area (Å²) in [6.07, 6.45) is -15.9. The van der Waals surface area contributed by atoms with Crippen LogP contribution in [0.15, 0.2) is 18.2 Å². The molecule has 0 aromatic heterocycles. The number of rotatable bonds is 5. The van der Waals surface area contributed by atoms with E-state index in [-0.39, 0.29) is 31.5 Å². The lowest BCUT2D eigenvalue weighted by molar-refractivity contribution is -0.293. The van der Waals surface area contributed by atoms with Crippen LogP contribution in [-0.2, 0) is 22.3 Å². The van der Waals surface area contributed by atoms with Gasteiger partial charge in [0.1, 0.15) is 6.04 Å². The van der Waals surface area contributed by atoms with Crippen molar-refractivity contribution in [2.75, 3.05) is 44.3 Å². The molecule has 1 aromatic rings. The fourth-order valence-corrected chi connectivity index (χ4v) is 6.74. The Hall–Kier alpha value is -2.26. The van der Waals surface area contributed by atoms with Crippen molar-refractivity contribution in [3.05, 3.63) is 29.3 Å². The van der Waals surface area contributed by atoms with E-state index in [0.29, 0.717) is 37.6 Å². The zero-order valence-corrected chi connectivity index (χ0v) is 20.3. The molecule has 1 aromatic carbocycles. The Balaban J connectivity index is 1.42.